The number of para-hydroxylation sites is 1. The number of halogens is 2. The minimum absolute atomic E-state index is 0. The fourth-order valence-electron chi connectivity index (χ4n) is 2.77. The average molecular weight is 364 g/mol. The van der Waals surface area contributed by atoms with Crippen molar-refractivity contribution < 1.29 is 9.53 Å². The topological polar surface area (TPSA) is 67.6 Å². The molecule has 1 heterocycles. The first-order valence-electron chi connectivity index (χ1n) is 7.56. The number of hydrogen-bond donors (Lipinski definition) is 2. The van der Waals surface area contributed by atoms with Gasteiger partial charge >= 0.3 is 0 Å². The summed E-state index contributed by atoms with van der Waals surface area (Å²) in [5.41, 5.74) is 6.86. The summed E-state index contributed by atoms with van der Waals surface area (Å²) in [5, 5.41) is 2.92. The number of rotatable bonds is 5. The molecule has 0 bridgehead atoms. The van der Waals surface area contributed by atoms with Crippen LogP contribution in [0.25, 0.3) is 0 Å². The van der Waals surface area contributed by atoms with Crippen molar-refractivity contribution in [2.75, 3.05) is 31.9 Å². The molecule has 23 heavy (non-hydrogen) atoms. The van der Waals surface area contributed by atoms with E-state index in [0.717, 1.165) is 26.1 Å². The van der Waals surface area contributed by atoms with Crippen molar-refractivity contribution in [3.8, 4) is 0 Å². The second-order valence-corrected chi connectivity index (χ2v) is 5.71. The van der Waals surface area contributed by atoms with Crippen LogP contribution < -0.4 is 11.1 Å². The number of nitrogens with two attached hydrogens (primary N) is 1. The molecule has 1 aromatic carbocycles. The van der Waals surface area contributed by atoms with E-state index < -0.39 is 0 Å². The van der Waals surface area contributed by atoms with Crippen molar-refractivity contribution >= 4 is 36.4 Å². The number of anilines is 1. The van der Waals surface area contributed by atoms with Gasteiger partial charge in [-0.2, -0.15) is 0 Å². The summed E-state index contributed by atoms with van der Waals surface area (Å²) >= 11 is 0. The summed E-state index contributed by atoms with van der Waals surface area (Å²) in [6, 6.07) is 7.13. The van der Waals surface area contributed by atoms with Gasteiger partial charge in [0.15, 0.2) is 0 Å². The molecule has 0 aliphatic carbocycles. The van der Waals surface area contributed by atoms with Crippen LogP contribution in [0, 0.1) is 0 Å². The van der Waals surface area contributed by atoms with Gasteiger partial charge in [0.2, 0.25) is 0 Å². The Labute approximate surface area is 150 Å². The Morgan fingerprint density at radius 3 is 2.48 bits per heavy atom. The number of carbonyl (C=O) groups excluding carboxylic acids is 1. The standard InChI is InChI=1S/C16H25N3O2.2ClH/c1-12-10-19(11-13(2)21-12)9-5-8-18-16(20)14-6-3-4-7-15(14)17;;/h3-4,6-7,12-13H,5,8-11,17H2,1-2H3,(H,18,20);2*1H. The van der Waals surface area contributed by atoms with Crippen LogP contribution >= 0.6 is 24.8 Å². The fourth-order valence-corrected chi connectivity index (χ4v) is 2.77. The summed E-state index contributed by atoms with van der Waals surface area (Å²) in [7, 11) is 0. The van der Waals surface area contributed by atoms with Crippen LogP contribution in [0.2, 0.25) is 0 Å². The molecular weight excluding hydrogens is 337 g/mol. The van der Waals surface area contributed by atoms with Gasteiger partial charge < -0.3 is 15.8 Å². The maximum absolute atomic E-state index is 12.0. The molecule has 1 aliphatic heterocycles. The number of nitrogen functional groups attached to an aromatic ring is 1. The predicted octanol–water partition coefficient (Wildman–Crippen LogP) is 2.34. The third kappa shape index (κ3) is 6.96. The molecule has 0 saturated carbocycles. The van der Waals surface area contributed by atoms with Gasteiger partial charge in [0.25, 0.3) is 5.91 Å². The van der Waals surface area contributed by atoms with Crippen LogP contribution in [0.1, 0.15) is 30.6 Å². The maximum atomic E-state index is 12.0. The second kappa shape index (κ2) is 10.7. The molecule has 2 atom stereocenters. The summed E-state index contributed by atoms with van der Waals surface area (Å²) in [4.78, 5) is 14.4. The van der Waals surface area contributed by atoms with Gasteiger partial charge in [0.1, 0.15) is 0 Å². The zero-order valence-electron chi connectivity index (χ0n) is 13.7. The number of morpholine rings is 1. The molecule has 0 aromatic heterocycles. The van der Waals surface area contributed by atoms with Crippen LogP contribution in [0.15, 0.2) is 24.3 Å². The largest absolute Gasteiger partial charge is 0.398 e. The minimum Gasteiger partial charge on any atom is -0.398 e. The summed E-state index contributed by atoms with van der Waals surface area (Å²) < 4.78 is 5.71. The van der Waals surface area contributed by atoms with Crippen molar-refractivity contribution in [1.29, 1.82) is 0 Å². The first-order chi connectivity index (χ1) is 10.1. The van der Waals surface area contributed by atoms with Crippen LogP contribution in [0.5, 0.6) is 0 Å². The highest BCUT2D eigenvalue weighted by Gasteiger charge is 2.21. The number of ether oxygens (including phenoxy) is 1. The molecular formula is C16H27Cl2N3O2. The van der Waals surface area contributed by atoms with Crippen LogP contribution in [0.4, 0.5) is 5.69 Å². The second-order valence-electron chi connectivity index (χ2n) is 5.71. The highest BCUT2D eigenvalue weighted by Crippen LogP contribution is 2.11. The van der Waals surface area contributed by atoms with Crippen molar-refractivity contribution in [3.63, 3.8) is 0 Å². The quantitative estimate of drug-likeness (QED) is 0.622. The van der Waals surface area contributed by atoms with Gasteiger partial charge in [-0.25, -0.2) is 0 Å². The van der Waals surface area contributed by atoms with E-state index in [2.05, 4.69) is 24.1 Å². The highest BCUT2D eigenvalue weighted by atomic mass is 35.5. The average Bonchev–Trinajstić information content (AvgIpc) is 2.43. The Hall–Kier alpha value is -1.01. The molecule has 2 rings (SSSR count). The van der Waals surface area contributed by atoms with Crippen LogP contribution in [-0.2, 0) is 4.74 Å². The molecule has 7 heteroatoms. The lowest BCUT2D eigenvalue weighted by molar-refractivity contribution is -0.0679. The molecule has 1 amide bonds. The van der Waals surface area contributed by atoms with Gasteiger partial charge in [-0.3, -0.25) is 9.69 Å². The van der Waals surface area contributed by atoms with Gasteiger partial charge in [-0.15, -0.1) is 24.8 Å². The normalized spacial score (nSPS) is 21.0. The Kier molecular flexibility index (Phi) is 10.2. The molecule has 0 radical (unpaired) electrons. The third-order valence-electron chi connectivity index (χ3n) is 3.64. The van der Waals surface area contributed by atoms with Crippen molar-refractivity contribution in [3.05, 3.63) is 29.8 Å². The minimum atomic E-state index is -0.100. The zero-order valence-corrected chi connectivity index (χ0v) is 15.3. The first kappa shape index (κ1) is 22.0. The van der Waals surface area contributed by atoms with Crippen molar-refractivity contribution in [1.82, 2.24) is 10.2 Å². The number of hydrogen-bond acceptors (Lipinski definition) is 4. The predicted molar refractivity (Wildman–Crippen MR) is 98.7 cm³/mol. The van der Waals surface area contributed by atoms with Crippen molar-refractivity contribution in [2.45, 2.75) is 32.5 Å². The van der Waals surface area contributed by atoms with E-state index >= 15 is 0 Å². The lowest BCUT2D eigenvalue weighted by atomic mass is 10.1. The van der Waals surface area contributed by atoms with Gasteiger partial charge in [0, 0.05) is 31.9 Å². The third-order valence-corrected chi connectivity index (χ3v) is 3.64. The van der Waals surface area contributed by atoms with Crippen LogP contribution in [-0.4, -0.2) is 49.2 Å². The monoisotopic (exact) mass is 363 g/mol. The SMILES string of the molecule is CC1CN(CCCNC(=O)c2ccccc2N)CC(C)O1.Cl.Cl. The molecule has 1 fully saturated rings. The Morgan fingerprint density at radius 1 is 1.26 bits per heavy atom. The fraction of sp³-hybridized carbons (Fsp3) is 0.562. The number of nitrogens with zero attached hydrogens (tertiary/aromatic N) is 1. The van der Waals surface area contributed by atoms with Gasteiger partial charge in [0.05, 0.1) is 17.8 Å². The van der Waals surface area contributed by atoms with E-state index in [0.29, 0.717) is 17.8 Å². The Bertz CT molecular complexity index is 478. The van der Waals surface area contributed by atoms with E-state index in [9.17, 15) is 4.79 Å². The van der Waals surface area contributed by atoms with E-state index in [1.54, 1.807) is 12.1 Å². The summed E-state index contributed by atoms with van der Waals surface area (Å²) in [5.74, 6) is -0.100. The van der Waals surface area contributed by atoms with Gasteiger partial charge in [-0.05, 0) is 32.4 Å². The zero-order chi connectivity index (χ0) is 15.2. The molecule has 1 saturated heterocycles. The van der Waals surface area contributed by atoms with E-state index in [1.807, 2.05) is 12.1 Å². The molecule has 5 nitrogen and oxygen atoms in total. The van der Waals surface area contributed by atoms with Crippen LogP contribution in [0.3, 0.4) is 0 Å². The number of amides is 1. The number of nitrogens with one attached hydrogen (secondary N) is 1. The molecule has 1 aliphatic rings. The van der Waals surface area contributed by atoms with Crippen molar-refractivity contribution in [2.24, 2.45) is 0 Å². The molecule has 2 unspecified atom stereocenters. The highest BCUT2D eigenvalue weighted by molar-refractivity contribution is 5.99. The molecule has 132 valence electrons. The molecule has 3 N–H and O–H groups in total. The maximum Gasteiger partial charge on any atom is 0.253 e. The van der Waals surface area contributed by atoms with E-state index in [4.69, 9.17) is 10.5 Å². The summed E-state index contributed by atoms with van der Waals surface area (Å²) in [6.07, 6.45) is 1.50. The molecule has 1 aromatic rings. The van der Waals surface area contributed by atoms with E-state index in [-0.39, 0.29) is 42.9 Å². The van der Waals surface area contributed by atoms with E-state index in [1.165, 1.54) is 0 Å². The lowest BCUT2D eigenvalue weighted by Crippen LogP contribution is -2.46. The number of benzene rings is 1. The molecule has 0 spiro atoms. The Morgan fingerprint density at radius 2 is 1.87 bits per heavy atom. The summed E-state index contributed by atoms with van der Waals surface area (Å²) in [6.45, 7) is 7.76. The van der Waals surface area contributed by atoms with Gasteiger partial charge in [-0.1, -0.05) is 12.1 Å². The Balaban J connectivity index is 0.00000242. The number of carbonyl (C=O) groups is 1. The smallest absolute Gasteiger partial charge is 0.253 e. The lowest BCUT2D eigenvalue weighted by Gasteiger charge is -2.35. The first-order valence-corrected chi connectivity index (χ1v) is 7.56.